The molecule has 0 spiro atoms. The molecule has 2 aromatic rings. The molecule has 8 heteroatoms. The topological polar surface area (TPSA) is 91.2 Å². The van der Waals surface area contributed by atoms with Crippen molar-refractivity contribution in [2.75, 3.05) is 11.0 Å². The summed E-state index contributed by atoms with van der Waals surface area (Å²) in [6, 6.07) is 9.37. The molecule has 0 aliphatic carbocycles. The van der Waals surface area contributed by atoms with E-state index in [1.54, 1.807) is 12.1 Å². The molecule has 1 aliphatic rings. The second-order valence-corrected chi connectivity index (χ2v) is 8.36. The maximum atomic E-state index is 11.2. The molecule has 122 valence electrons. The van der Waals surface area contributed by atoms with E-state index in [9.17, 15) is 8.42 Å². The second-order valence-electron chi connectivity index (χ2n) is 5.50. The molecule has 1 unspecified atom stereocenters. The summed E-state index contributed by atoms with van der Waals surface area (Å²) in [6.07, 6.45) is 5.65. The first-order chi connectivity index (χ1) is 10.8. The molecule has 4 N–H and O–H groups in total. The van der Waals surface area contributed by atoms with Crippen molar-refractivity contribution in [1.82, 2.24) is 8.10 Å². The van der Waals surface area contributed by atoms with Crippen molar-refractivity contribution in [3.8, 4) is 0 Å². The van der Waals surface area contributed by atoms with Crippen LogP contribution in [0.2, 0.25) is 0 Å². The monoisotopic (exact) mass is 444 g/mol. The van der Waals surface area contributed by atoms with Gasteiger partial charge in [-0.25, -0.2) is 8.42 Å². The van der Waals surface area contributed by atoms with Crippen molar-refractivity contribution in [2.45, 2.75) is 12.6 Å². The lowest BCUT2D eigenvalue weighted by Gasteiger charge is -2.27. The van der Waals surface area contributed by atoms with Gasteiger partial charge in [0.25, 0.3) is 0 Å². The summed E-state index contributed by atoms with van der Waals surface area (Å²) in [5.74, 6) is 0. The number of nitrogens with two attached hydrogens (primary N) is 1. The quantitative estimate of drug-likeness (QED) is 0.500. The van der Waals surface area contributed by atoms with Gasteiger partial charge in [0.15, 0.2) is 0 Å². The highest BCUT2D eigenvalue weighted by Gasteiger charge is 2.24. The number of aromatic nitrogens is 1. The lowest BCUT2D eigenvalue weighted by molar-refractivity contribution is 0.498. The number of nitrogens with zero attached hydrogens (tertiary/aromatic N) is 1. The fourth-order valence-electron chi connectivity index (χ4n) is 2.59. The van der Waals surface area contributed by atoms with E-state index in [1.165, 1.54) is 0 Å². The number of nitrogens with one attached hydrogen (secondary N) is 2. The summed E-state index contributed by atoms with van der Waals surface area (Å²) in [5, 5.41) is 0. The van der Waals surface area contributed by atoms with Gasteiger partial charge < -0.3 is 13.8 Å². The van der Waals surface area contributed by atoms with Crippen molar-refractivity contribution in [2.24, 2.45) is 5.73 Å². The first-order valence-corrected chi connectivity index (χ1v) is 9.84. The van der Waals surface area contributed by atoms with E-state index in [2.05, 4.69) is 32.6 Å². The zero-order valence-electron chi connectivity index (χ0n) is 12.5. The van der Waals surface area contributed by atoms with Crippen LogP contribution in [0.3, 0.4) is 0 Å². The fourth-order valence-corrected chi connectivity index (χ4v) is 3.79. The lowest BCUT2D eigenvalue weighted by Crippen LogP contribution is -2.26. The van der Waals surface area contributed by atoms with E-state index in [4.69, 9.17) is 5.73 Å². The Hall–Kier alpha value is -1.52. The number of fused-ring (bicyclic) bond motifs is 1. The van der Waals surface area contributed by atoms with Gasteiger partial charge in [-0.15, -0.1) is 0 Å². The van der Waals surface area contributed by atoms with Crippen LogP contribution < -0.4 is 10.5 Å². The van der Waals surface area contributed by atoms with Crippen LogP contribution >= 0.6 is 22.9 Å². The number of halogens is 1. The zero-order valence-corrected chi connectivity index (χ0v) is 15.4. The Bertz CT molecular complexity index is 843. The molecule has 0 saturated carbocycles. The molecule has 1 aliphatic heterocycles. The number of aromatic amines is 1. The van der Waals surface area contributed by atoms with Gasteiger partial charge in [0.2, 0.25) is 10.0 Å². The van der Waals surface area contributed by atoms with Gasteiger partial charge in [0, 0.05) is 35.8 Å². The predicted molar refractivity (Wildman–Crippen MR) is 100 cm³/mol. The highest BCUT2D eigenvalue weighted by atomic mass is 127. The summed E-state index contributed by atoms with van der Waals surface area (Å²) >= 11 is 2.20. The molecule has 0 amide bonds. The Morgan fingerprint density at radius 3 is 2.65 bits per heavy atom. The van der Waals surface area contributed by atoms with E-state index < -0.39 is 10.0 Å². The zero-order chi connectivity index (χ0) is 16.6. The maximum Gasteiger partial charge on any atom is 0.229 e. The van der Waals surface area contributed by atoms with Gasteiger partial charge in [-0.05, 0) is 29.3 Å². The Kier molecular flexibility index (Phi) is 4.39. The van der Waals surface area contributed by atoms with Crippen LogP contribution in [0, 0.1) is 0 Å². The molecule has 1 aromatic carbocycles. The van der Waals surface area contributed by atoms with Gasteiger partial charge in [0.05, 0.1) is 29.1 Å². The smallest absolute Gasteiger partial charge is 0.229 e. The van der Waals surface area contributed by atoms with Gasteiger partial charge >= 0.3 is 0 Å². The Balaban J connectivity index is 1.81. The fraction of sp³-hybridized carbons (Fsp3) is 0.200. The third kappa shape index (κ3) is 3.70. The standard InChI is InChI=1S/C15H17IN4O2S/c1-23(21,22)19-12-4-2-10(3-5-12)8-11-9-20(16)15(17)13-6-7-18-14(11)13/h2-7,9,15,18-19H,8,17H2,1H3. The summed E-state index contributed by atoms with van der Waals surface area (Å²) < 4.78 is 26.9. The molecule has 0 fully saturated rings. The molecule has 1 aromatic heterocycles. The van der Waals surface area contributed by atoms with Crippen molar-refractivity contribution in [3.05, 3.63) is 59.5 Å². The third-order valence-corrected chi connectivity index (χ3v) is 5.10. The summed E-state index contributed by atoms with van der Waals surface area (Å²) in [7, 11) is -3.25. The maximum absolute atomic E-state index is 11.2. The molecule has 1 atom stereocenters. The number of allylic oxidation sites excluding steroid dienone is 1. The Labute approximate surface area is 149 Å². The van der Waals surface area contributed by atoms with E-state index >= 15 is 0 Å². The largest absolute Gasteiger partial charge is 0.361 e. The number of H-pyrrole nitrogens is 1. The van der Waals surface area contributed by atoms with E-state index in [0.29, 0.717) is 5.69 Å². The number of hydrogen-bond donors (Lipinski definition) is 3. The Morgan fingerprint density at radius 2 is 2.00 bits per heavy atom. The minimum Gasteiger partial charge on any atom is -0.361 e. The number of benzene rings is 1. The second kappa shape index (κ2) is 6.17. The average Bonchev–Trinajstić information content (AvgIpc) is 2.95. The number of sulfonamides is 1. The molecular weight excluding hydrogens is 427 g/mol. The molecule has 3 rings (SSSR count). The van der Waals surface area contributed by atoms with Gasteiger partial charge in [0.1, 0.15) is 6.17 Å². The van der Waals surface area contributed by atoms with Crippen molar-refractivity contribution < 1.29 is 8.42 Å². The molecule has 2 heterocycles. The molecule has 0 radical (unpaired) electrons. The van der Waals surface area contributed by atoms with E-state index in [0.717, 1.165) is 35.1 Å². The summed E-state index contributed by atoms with van der Waals surface area (Å²) in [4.78, 5) is 3.25. The van der Waals surface area contributed by atoms with Crippen LogP contribution in [0.15, 0.2) is 42.7 Å². The highest BCUT2D eigenvalue weighted by Crippen LogP contribution is 2.34. The van der Waals surface area contributed by atoms with Crippen molar-refractivity contribution in [3.63, 3.8) is 0 Å². The van der Waals surface area contributed by atoms with E-state index in [1.807, 2.05) is 33.7 Å². The first kappa shape index (κ1) is 16.3. The number of rotatable bonds is 4. The van der Waals surface area contributed by atoms with Gasteiger partial charge in [-0.3, -0.25) is 4.72 Å². The van der Waals surface area contributed by atoms with Gasteiger partial charge in [-0.1, -0.05) is 12.1 Å². The van der Waals surface area contributed by atoms with Crippen LogP contribution in [0.5, 0.6) is 0 Å². The minimum absolute atomic E-state index is 0.151. The average molecular weight is 444 g/mol. The lowest BCUT2D eigenvalue weighted by atomic mass is 9.97. The molecule has 0 bridgehead atoms. The molecular formula is C15H17IN4O2S. The van der Waals surface area contributed by atoms with Crippen LogP contribution in [-0.2, 0) is 16.4 Å². The molecule has 0 saturated heterocycles. The highest BCUT2D eigenvalue weighted by molar-refractivity contribution is 14.1. The SMILES string of the molecule is CS(=O)(=O)Nc1ccc(CC2=CN(I)C(N)c3cc[nH]c32)cc1. The van der Waals surface area contributed by atoms with Crippen LogP contribution in [-0.4, -0.2) is 22.8 Å². The Morgan fingerprint density at radius 1 is 1.30 bits per heavy atom. The number of hydrogen-bond acceptors (Lipinski definition) is 4. The van der Waals surface area contributed by atoms with E-state index in [-0.39, 0.29) is 6.17 Å². The number of anilines is 1. The normalized spacial score (nSPS) is 17.6. The third-order valence-electron chi connectivity index (χ3n) is 3.62. The summed E-state index contributed by atoms with van der Waals surface area (Å²) in [5.41, 5.74) is 11.1. The molecule has 23 heavy (non-hydrogen) atoms. The molecule has 6 nitrogen and oxygen atoms in total. The van der Waals surface area contributed by atoms with Crippen molar-refractivity contribution >= 4 is 44.1 Å². The van der Waals surface area contributed by atoms with Crippen LogP contribution in [0.4, 0.5) is 5.69 Å². The minimum atomic E-state index is -3.25. The van der Waals surface area contributed by atoms with Crippen LogP contribution in [0.1, 0.15) is 23.0 Å². The van der Waals surface area contributed by atoms with Crippen LogP contribution in [0.25, 0.3) is 5.57 Å². The summed E-state index contributed by atoms with van der Waals surface area (Å²) in [6.45, 7) is 0. The predicted octanol–water partition coefficient (Wildman–Crippen LogP) is 2.59. The van der Waals surface area contributed by atoms with Crippen molar-refractivity contribution in [1.29, 1.82) is 0 Å². The first-order valence-electron chi connectivity index (χ1n) is 6.98. The van der Waals surface area contributed by atoms with Gasteiger partial charge in [-0.2, -0.15) is 0 Å².